The van der Waals surface area contributed by atoms with Gasteiger partial charge < -0.3 is 10.6 Å². The van der Waals surface area contributed by atoms with E-state index in [9.17, 15) is 14.0 Å². The highest BCUT2D eigenvalue weighted by molar-refractivity contribution is 5.98. The second-order valence-corrected chi connectivity index (χ2v) is 6.18. The van der Waals surface area contributed by atoms with E-state index in [1.807, 2.05) is 0 Å². The second-order valence-electron chi connectivity index (χ2n) is 6.18. The van der Waals surface area contributed by atoms with Gasteiger partial charge in [0.2, 0.25) is 0 Å². The lowest BCUT2D eigenvalue weighted by Crippen LogP contribution is -2.27. The lowest BCUT2D eigenvalue weighted by molar-refractivity contribution is 0.0946. The Labute approximate surface area is 146 Å². The monoisotopic (exact) mass is 343 g/mol. The summed E-state index contributed by atoms with van der Waals surface area (Å²) in [5.74, 6) is -0.435. The maximum atomic E-state index is 12.9. The summed E-state index contributed by atoms with van der Waals surface area (Å²) < 4.78 is 12.9. The van der Waals surface area contributed by atoms with E-state index in [1.54, 1.807) is 18.2 Å². The minimum absolute atomic E-state index is 0.165. The Morgan fingerprint density at radius 1 is 1.08 bits per heavy atom. The molecule has 2 N–H and O–H groups in total. The van der Waals surface area contributed by atoms with Crippen molar-refractivity contribution >= 4 is 11.8 Å². The number of nitrogens with one attached hydrogen (secondary N) is 2. The third kappa shape index (κ3) is 5.99. The Morgan fingerprint density at radius 2 is 1.80 bits per heavy atom. The molecule has 0 aliphatic rings. The smallest absolute Gasteiger partial charge is 0.270 e. The molecule has 2 rings (SSSR count). The predicted molar refractivity (Wildman–Crippen MR) is 93.6 cm³/mol. The number of carbonyl (C=O) groups excluding carboxylic acids is 2. The van der Waals surface area contributed by atoms with Crippen molar-refractivity contribution in [3.8, 4) is 0 Å². The van der Waals surface area contributed by atoms with Crippen LogP contribution in [0.5, 0.6) is 0 Å². The van der Waals surface area contributed by atoms with Crippen LogP contribution in [-0.2, 0) is 6.54 Å². The van der Waals surface area contributed by atoms with Gasteiger partial charge in [-0.3, -0.25) is 14.6 Å². The van der Waals surface area contributed by atoms with E-state index < -0.39 is 0 Å². The van der Waals surface area contributed by atoms with Crippen molar-refractivity contribution in [1.82, 2.24) is 15.6 Å². The van der Waals surface area contributed by atoms with Crippen LogP contribution in [-0.4, -0.2) is 23.3 Å². The van der Waals surface area contributed by atoms with E-state index in [2.05, 4.69) is 29.5 Å². The molecule has 2 amide bonds. The first-order chi connectivity index (χ1) is 12.0. The predicted octanol–water partition coefficient (Wildman–Crippen LogP) is 2.93. The highest BCUT2D eigenvalue weighted by Crippen LogP contribution is 2.05. The van der Waals surface area contributed by atoms with Gasteiger partial charge >= 0.3 is 0 Å². The molecule has 0 saturated carbocycles. The van der Waals surface area contributed by atoms with Gasteiger partial charge in [-0.25, -0.2) is 4.39 Å². The summed E-state index contributed by atoms with van der Waals surface area (Å²) in [7, 11) is 0. The van der Waals surface area contributed by atoms with Crippen LogP contribution in [0, 0.1) is 11.7 Å². The number of benzene rings is 1. The van der Waals surface area contributed by atoms with Crippen LogP contribution in [0.4, 0.5) is 4.39 Å². The number of halogens is 1. The highest BCUT2D eigenvalue weighted by atomic mass is 19.1. The Bertz CT molecular complexity index is 730. The number of hydrogen-bond acceptors (Lipinski definition) is 3. The van der Waals surface area contributed by atoms with Gasteiger partial charge in [-0.1, -0.05) is 26.0 Å². The van der Waals surface area contributed by atoms with E-state index in [0.29, 0.717) is 18.0 Å². The van der Waals surface area contributed by atoms with Gasteiger partial charge in [-0.2, -0.15) is 0 Å². The quantitative estimate of drug-likeness (QED) is 0.812. The van der Waals surface area contributed by atoms with E-state index in [4.69, 9.17) is 0 Å². The summed E-state index contributed by atoms with van der Waals surface area (Å²) in [6, 6.07) is 8.90. The van der Waals surface area contributed by atoms with Crippen LogP contribution in [0.15, 0.2) is 42.6 Å². The molecule has 0 aliphatic heterocycles. The molecule has 0 unspecified atom stereocenters. The standard InChI is InChI=1S/C19H22FN3O2/c1-13(2)7-9-22-18(24)15-8-10-21-17(11-15)19(25)23-12-14-3-5-16(20)6-4-14/h3-6,8,10-11,13H,7,9,12H2,1-2H3,(H,22,24)(H,23,25). The highest BCUT2D eigenvalue weighted by Gasteiger charge is 2.11. The molecule has 0 atom stereocenters. The molecule has 0 saturated heterocycles. The molecule has 25 heavy (non-hydrogen) atoms. The lowest BCUT2D eigenvalue weighted by atomic mass is 10.1. The molecule has 1 aromatic heterocycles. The molecule has 5 nitrogen and oxygen atoms in total. The topological polar surface area (TPSA) is 71.1 Å². The van der Waals surface area contributed by atoms with Gasteiger partial charge in [-0.05, 0) is 42.2 Å². The number of pyridine rings is 1. The maximum Gasteiger partial charge on any atom is 0.270 e. The van der Waals surface area contributed by atoms with Gasteiger partial charge in [0.15, 0.2) is 0 Å². The van der Waals surface area contributed by atoms with Crippen molar-refractivity contribution in [1.29, 1.82) is 0 Å². The molecule has 2 aromatic rings. The van der Waals surface area contributed by atoms with E-state index in [0.717, 1.165) is 12.0 Å². The molecule has 0 radical (unpaired) electrons. The Balaban J connectivity index is 1.93. The van der Waals surface area contributed by atoms with Crippen molar-refractivity contribution in [3.63, 3.8) is 0 Å². The first-order valence-electron chi connectivity index (χ1n) is 8.22. The number of aromatic nitrogens is 1. The van der Waals surface area contributed by atoms with E-state index >= 15 is 0 Å². The number of amides is 2. The Kier molecular flexibility index (Phi) is 6.62. The summed E-state index contributed by atoms with van der Waals surface area (Å²) in [5.41, 5.74) is 1.33. The van der Waals surface area contributed by atoms with Gasteiger partial charge in [-0.15, -0.1) is 0 Å². The van der Waals surface area contributed by atoms with Crippen molar-refractivity contribution < 1.29 is 14.0 Å². The zero-order valence-corrected chi connectivity index (χ0v) is 14.4. The molecule has 132 valence electrons. The fraction of sp³-hybridized carbons (Fsp3) is 0.316. The third-order valence-corrected chi connectivity index (χ3v) is 3.63. The van der Waals surface area contributed by atoms with Crippen molar-refractivity contribution in [2.45, 2.75) is 26.8 Å². The molecular weight excluding hydrogens is 321 g/mol. The Morgan fingerprint density at radius 3 is 2.48 bits per heavy atom. The third-order valence-electron chi connectivity index (χ3n) is 3.63. The van der Waals surface area contributed by atoms with E-state index in [-0.39, 0.29) is 29.9 Å². The van der Waals surface area contributed by atoms with Crippen molar-refractivity contribution in [2.75, 3.05) is 6.54 Å². The normalized spacial score (nSPS) is 10.6. The van der Waals surface area contributed by atoms with Gasteiger partial charge in [0, 0.05) is 24.8 Å². The van der Waals surface area contributed by atoms with Crippen LogP contribution in [0.1, 0.15) is 46.7 Å². The number of nitrogens with zero attached hydrogens (tertiary/aromatic N) is 1. The number of rotatable bonds is 7. The summed E-state index contributed by atoms with van der Waals surface area (Å²) in [4.78, 5) is 28.3. The van der Waals surface area contributed by atoms with Crippen LogP contribution < -0.4 is 10.6 Å². The zero-order chi connectivity index (χ0) is 18.2. The summed E-state index contributed by atoms with van der Waals surface area (Å²) >= 11 is 0. The van der Waals surface area contributed by atoms with Crippen LogP contribution >= 0.6 is 0 Å². The van der Waals surface area contributed by atoms with Gasteiger partial charge in [0.25, 0.3) is 11.8 Å². The molecule has 6 heteroatoms. The number of hydrogen-bond donors (Lipinski definition) is 2. The van der Waals surface area contributed by atoms with E-state index in [1.165, 1.54) is 24.4 Å². The fourth-order valence-corrected chi connectivity index (χ4v) is 2.15. The maximum absolute atomic E-state index is 12.9. The van der Waals surface area contributed by atoms with Gasteiger partial charge in [0.1, 0.15) is 11.5 Å². The van der Waals surface area contributed by atoms with Crippen molar-refractivity contribution in [3.05, 3.63) is 65.2 Å². The lowest BCUT2D eigenvalue weighted by Gasteiger charge is -2.08. The molecule has 0 aliphatic carbocycles. The summed E-state index contributed by atoms with van der Waals surface area (Å²) in [5, 5.41) is 5.53. The first-order valence-corrected chi connectivity index (χ1v) is 8.22. The average Bonchev–Trinajstić information content (AvgIpc) is 2.60. The zero-order valence-electron chi connectivity index (χ0n) is 14.4. The van der Waals surface area contributed by atoms with Crippen LogP contribution in [0.2, 0.25) is 0 Å². The SMILES string of the molecule is CC(C)CCNC(=O)c1ccnc(C(=O)NCc2ccc(F)cc2)c1. The van der Waals surface area contributed by atoms with Crippen LogP contribution in [0.3, 0.4) is 0 Å². The summed E-state index contributed by atoms with van der Waals surface area (Å²) in [6.45, 7) is 5.01. The molecule has 0 fully saturated rings. The molecule has 1 heterocycles. The summed E-state index contributed by atoms with van der Waals surface area (Å²) in [6.07, 6.45) is 2.33. The van der Waals surface area contributed by atoms with Crippen molar-refractivity contribution in [2.24, 2.45) is 5.92 Å². The molecule has 0 spiro atoms. The van der Waals surface area contributed by atoms with Crippen LogP contribution in [0.25, 0.3) is 0 Å². The fourth-order valence-electron chi connectivity index (χ4n) is 2.15. The first kappa shape index (κ1) is 18.6. The second kappa shape index (κ2) is 8.92. The largest absolute Gasteiger partial charge is 0.352 e. The van der Waals surface area contributed by atoms with Gasteiger partial charge in [0.05, 0.1) is 0 Å². The minimum atomic E-state index is -0.388. The average molecular weight is 343 g/mol. The number of carbonyl (C=O) groups is 2. The molecule has 0 bridgehead atoms. The Hall–Kier alpha value is -2.76. The molecule has 1 aromatic carbocycles. The molecular formula is C19H22FN3O2. The minimum Gasteiger partial charge on any atom is -0.352 e.